The van der Waals surface area contributed by atoms with Crippen LogP contribution in [0.2, 0.25) is 0 Å². The van der Waals surface area contributed by atoms with E-state index in [0.717, 1.165) is 24.1 Å². The van der Waals surface area contributed by atoms with Gasteiger partial charge in [0.15, 0.2) is 0 Å². The van der Waals surface area contributed by atoms with Crippen LogP contribution in [-0.2, 0) is 6.42 Å². The van der Waals surface area contributed by atoms with Crippen molar-refractivity contribution in [2.45, 2.75) is 6.42 Å². The van der Waals surface area contributed by atoms with Crippen LogP contribution in [0.15, 0.2) is 35.1 Å². The minimum absolute atomic E-state index is 0.943. The Labute approximate surface area is 100 Å². The van der Waals surface area contributed by atoms with Crippen LogP contribution >= 0.6 is 0 Å². The Morgan fingerprint density at radius 3 is 3.00 bits per heavy atom. The first-order chi connectivity index (χ1) is 8.24. The summed E-state index contributed by atoms with van der Waals surface area (Å²) in [5, 5.41) is 2.48. The largest absolute Gasteiger partial charge is 0.464 e. The lowest BCUT2D eigenvalue weighted by molar-refractivity contribution is 0.414. The molecule has 2 aromatic heterocycles. The molecule has 0 bridgehead atoms. The van der Waals surface area contributed by atoms with Crippen molar-refractivity contribution in [3.05, 3.63) is 36.2 Å². The minimum Gasteiger partial charge on any atom is -0.464 e. The van der Waals surface area contributed by atoms with E-state index in [-0.39, 0.29) is 0 Å². The zero-order valence-corrected chi connectivity index (χ0v) is 10.2. The Morgan fingerprint density at radius 2 is 2.18 bits per heavy atom. The normalized spacial score (nSPS) is 11.9. The zero-order valence-electron chi connectivity index (χ0n) is 10.2. The Morgan fingerprint density at radius 1 is 1.29 bits per heavy atom. The fraction of sp³-hybridized carbons (Fsp3) is 0.286. The number of nitrogens with one attached hydrogen (secondary N) is 1. The highest BCUT2D eigenvalue weighted by atomic mass is 16.3. The molecular weight excluding hydrogens is 212 g/mol. The maximum absolute atomic E-state index is 5.41. The molecule has 0 spiro atoms. The van der Waals surface area contributed by atoms with Crippen molar-refractivity contribution in [2.24, 2.45) is 0 Å². The Bertz CT molecular complexity index is 648. The molecule has 1 N–H and O–H groups in total. The first-order valence-electron chi connectivity index (χ1n) is 5.86. The van der Waals surface area contributed by atoms with Gasteiger partial charge in [-0.3, -0.25) is 0 Å². The Hall–Kier alpha value is -1.74. The standard InChI is InChI=1S/C14H16N2O/c1-16(2)5-3-11-9-15-13-8-14-10(4-6-17-14)7-12(11)13/h4,6-9,15H,3,5H2,1-2H3. The summed E-state index contributed by atoms with van der Waals surface area (Å²) in [6.07, 6.45) is 4.91. The van der Waals surface area contributed by atoms with Crippen molar-refractivity contribution >= 4 is 21.9 Å². The number of hydrogen-bond donors (Lipinski definition) is 1. The number of aromatic amines is 1. The van der Waals surface area contributed by atoms with Gasteiger partial charge in [0.1, 0.15) is 5.58 Å². The molecule has 3 heteroatoms. The fourth-order valence-electron chi connectivity index (χ4n) is 2.19. The van der Waals surface area contributed by atoms with Gasteiger partial charge in [-0.1, -0.05) is 0 Å². The molecule has 17 heavy (non-hydrogen) atoms. The van der Waals surface area contributed by atoms with Crippen LogP contribution in [0.3, 0.4) is 0 Å². The number of fused-ring (bicyclic) bond motifs is 2. The monoisotopic (exact) mass is 228 g/mol. The summed E-state index contributed by atoms with van der Waals surface area (Å²) in [5.41, 5.74) is 3.47. The molecule has 0 aliphatic rings. The van der Waals surface area contributed by atoms with Crippen molar-refractivity contribution in [1.82, 2.24) is 9.88 Å². The van der Waals surface area contributed by atoms with E-state index in [2.05, 4.69) is 42.3 Å². The van der Waals surface area contributed by atoms with Gasteiger partial charge in [-0.15, -0.1) is 0 Å². The van der Waals surface area contributed by atoms with E-state index in [0.29, 0.717) is 0 Å². The molecule has 0 aliphatic carbocycles. The molecule has 0 unspecified atom stereocenters. The van der Waals surface area contributed by atoms with Crippen LogP contribution < -0.4 is 0 Å². The quantitative estimate of drug-likeness (QED) is 0.747. The minimum atomic E-state index is 0.943. The average Bonchev–Trinajstić information content (AvgIpc) is 2.88. The molecule has 3 aromatic rings. The van der Waals surface area contributed by atoms with Gasteiger partial charge in [-0.25, -0.2) is 0 Å². The van der Waals surface area contributed by atoms with Gasteiger partial charge in [-0.2, -0.15) is 0 Å². The first kappa shape index (κ1) is 10.4. The number of likely N-dealkylation sites (N-methyl/N-ethyl adjacent to an activating group) is 1. The molecule has 3 rings (SSSR count). The number of rotatable bonds is 3. The smallest absolute Gasteiger partial charge is 0.135 e. The van der Waals surface area contributed by atoms with Gasteiger partial charge in [0.05, 0.1) is 6.26 Å². The lowest BCUT2D eigenvalue weighted by Crippen LogP contribution is -2.14. The third-order valence-electron chi connectivity index (χ3n) is 3.17. The zero-order chi connectivity index (χ0) is 11.8. The maximum atomic E-state index is 5.41. The van der Waals surface area contributed by atoms with Crippen molar-refractivity contribution in [1.29, 1.82) is 0 Å². The van der Waals surface area contributed by atoms with Crippen molar-refractivity contribution < 1.29 is 4.42 Å². The molecule has 88 valence electrons. The number of aromatic nitrogens is 1. The summed E-state index contributed by atoms with van der Waals surface area (Å²) in [6.45, 7) is 1.07. The highest BCUT2D eigenvalue weighted by Crippen LogP contribution is 2.25. The summed E-state index contributed by atoms with van der Waals surface area (Å²) < 4.78 is 5.41. The SMILES string of the molecule is CN(C)CCc1c[nH]c2cc3occc3cc12. The first-order valence-corrected chi connectivity index (χ1v) is 5.86. The second-order valence-electron chi connectivity index (χ2n) is 4.72. The third kappa shape index (κ3) is 1.83. The highest BCUT2D eigenvalue weighted by molar-refractivity contribution is 5.96. The van der Waals surface area contributed by atoms with Crippen LogP contribution in [0.4, 0.5) is 0 Å². The van der Waals surface area contributed by atoms with Crippen molar-refractivity contribution in [3.63, 3.8) is 0 Å². The van der Waals surface area contributed by atoms with Gasteiger partial charge in [0, 0.05) is 35.1 Å². The molecule has 0 amide bonds. The van der Waals surface area contributed by atoms with Gasteiger partial charge >= 0.3 is 0 Å². The number of H-pyrrole nitrogens is 1. The number of furan rings is 1. The average molecular weight is 228 g/mol. The molecule has 3 nitrogen and oxygen atoms in total. The van der Waals surface area contributed by atoms with Crippen LogP contribution in [0.25, 0.3) is 21.9 Å². The predicted molar refractivity (Wildman–Crippen MR) is 70.3 cm³/mol. The molecule has 0 aliphatic heterocycles. The second kappa shape index (κ2) is 3.93. The second-order valence-corrected chi connectivity index (χ2v) is 4.72. The number of nitrogens with zero attached hydrogens (tertiary/aromatic N) is 1. The van der Waals surface area contributed by atoms with Gasteiger partial charge in [-0.05, 0) is 38.2 Å². The van der Waals surface area contributed by atoms with Crippen molar-refractivity contribution in [2.75, 3.05) is 20.6 Å². The van der Waals surface area contributed by atoms with E-state index in [1.807, 2.05) is 6.07 Å². The lowest BCUT2D eigenvalue weighted by atomic mass is 10.1. The topological polar surface area (TPSA) is 32.2 Å². The van der Waals surface area contributed by atoms with E-state index in [9.17, 15) is 0 Å². The van der Waals surface area contributed by atoms with Crippen LogP contribution in [0.1, 0.15) is 5.56 Å². The van der Waals surface area contributed by atoms with E-state index in [4.69, 9.17) is 4.42 Å². The summed E-state index contributed by atoms with van der Waals surface area (Å²) in [5.74, 6) is 0. The van der Waals surface area contributed by atoms with E-state index < -0.39 is 0 Å². The third-order valence-corrected chi connectivity index (χ3v) is 3.17. The molecule has 0 fully saturated rings. The Kier molecular flexibility index (Phi) is 2.41. The summed E-state index contributed by atoms with van der Waals surface area (Å²) in [6, 6.07) is 6.29. The maximum Gasteiger partial charge on any atom is 0.135 e. The van der Waals surface area contributed by atoms with Gasteiger partial charge in [0.2, 0.25) is 0 Å². The van der Waals surface area contributed by atoms with Crippen LogP contribution in [0.5, 0.6) is 0 Å². The molecule has 0 radical (unpaired) electrons. The fourth-order valence-corrected chi connectivity index (χ4v) is 2.19. The molecule has 0 saturated heterocycles. The van der Waals surface area contributed by atoms with Crippen LogP contribution in [0, 0.1) is 0 Å². The summed E-state index contributed by atoms with van der Waals surface area (Å²) >= 11 is 0. The molecule has 2 heterocycles. The number of benzene rings is 1. The molecule has 1 aromatic carbocycles. The molecular formula is C14H16N2O. The van der Waals surface area contributed by atoms with E-state index >= 15 is 0 Å². The highest BCUT2D eigenvalue weighted by Gasteiger charge is 2.07. The summed E-state index contributed by atoms with van der Waals surface area (Å²) in [4.78, 5) is 5.52. The number of hydrogen-bond acceptors (Lipinski definition) is 2. The lowest BCUT2D eigenvalue weighted by Gasteiger charge is -2.08. The van der Waals surface area contributed by atoms with E-state index in [1.54, 1.807) is 6.26 Å². The van der Waals surface area contributed by atoms with E-state index in [1.165, 1.54) is 16.3 Å². The van der Waals surface area contributed by atoms with Gasteiger partial charge < -0.3 is 14.3 Å². The van der Waals surface area contributed by atoms with Crippen molar-refractivity contribution in [3.8, 4) is 0 Å². The van der Waals surface area contributed by atoms with Crippen LogP contribution in [-0.4, -0.2) is 30.5 Å². The Balaban J connectivity index is 2.06. The molecule has 0 saturated carbocycles. The molecule has 0 atom stereocenters. The van der Waals surface area contributed by atoms with Gasteiger partial charge in [0.25, 0.3) is 0 Å². The summed E-state index contributed by atoms with van der Waals surface area (Å²) in [7, 11) is 4.20. The predicted octanol–water partition coefficient (Wildman–Crippen LogP) is 3.02.